The van der Waals surface area contributed by atoms with Gasteiger partial charge in [0.15, 0.2) is 5.96 Å². The Balaban J connectivity index is 1.71. The number of rotatable bonds is 4. The van der Waals surface area contributed by atoms with E-state index in [1.54, 1.807) is 11.9 Å². The molecule has 1 aliphatic heterocycles. The number of carbonyl (C=O) groups is 1. The predicted octanol–water partition coefficient (Wildman–Crippen LogP) is 1.62. The number of aliphatic imine (C=N–C) groups is 1. The van der Waals surface area contributed by atoms with E-state index in [0.717, 1.165) is 35.9 Å². The van der Waals surface area contributed by atoms with Gasteiger partial charge in [0, 0.05) is 32.2 Å². The van der Waals surface area contributed by atoms with E-state index in [1.165, 1.54) is 0 Å². The molecule has 0 aromatic carbocycles. The van der Waals surface area contributed by atoms with Crippen molar-refractivity contribution in [2.24, 2.45) is 4.99 Å². The number of hydrogen-bond acceptors (Lipinski definition) is 5. The molecule has 8 heteroatoms. The second-order valence-corrected chi connectivity index (χ2v) is 7.28. The van der Waals surface area contributed by atoms with Crippen molar-refractivity contribution in [1.82, 2.24) is 20.7 Å². The van der Waals surface area contributed by atoms with Gasteiger partial charge in [0.05, 0.1) is 11.7 Å². The second kappa shape index (κ2) is 7.76. The molecule has 0 unspecified atom stereocenters. The highest BCUT2D eigenvalue weighted by Crippen LogP contribution is 2.15. The maximum Gasteiger partial charge on any atom is 0.410 e. The predicted molar refractivity (Wildman–Crippen MR) is 95.8 cm³/mol. The number of likely N-dealkylation sites (tertiary alicyclic amines) is 1. The molecule has 0 bridgehead atoms. The summed E-state index contributed by atoms with van der Waals surface area (Å²) in [6, 6.07) is 0.179. The first kappa shape index (κ1) is 19.1. The molecule has 1 amide bonds. The van der Waals surface area contributed by atoms with Crippen LogP contribution in [0, 0.1) is 13.8 Å². The third kappa shape index (κ3) is 5.37. The van der Waals surface area contributed by atoms with Crippen LogP contribution in [0.2, 0.25) is 0 Å². The highest BCUT2D eigenvalue weighted by molar-refractivity contribution is 5.80. The molecule has 140 valence electrons. The SMILES string of the molecule is CN=C(NCCc1c(C)noc1C)NC1CN(C(=O)OC(C)(C)C)C1. The van der Waals surface area contributed by atoms with Crippen molar-refractivity contribution in [1.29, 1.82) is 0 Å². The average molecular weight is 351 g/mol. The summed E-state index contributed by atoms with van der Waals surface area (Å²) in [4.78, 5) is 17.8. The van der Waals surface area contributed by atoms with E-state index in [-0.39, 0.29) is 12.1 Å². The smallest absolute Gasteiger partial charge is 0.410 e. The van der Waals surface area contributed by atoms with E-state index in [4.69, 9.17) is 9.26 Å². The maximum absolute atomic E-state index is 11.9. The van der Waals surface area contributed by atoms with Crippen molar-refractivity contribution >= 4 is 12.1 Å². The molecule has 0 spiro atoms. The fourth-order valence-electron chi connectivity index (χ4n) is 2.60. The molecular formula is C17H29N5O3. The highest BCUT2D eigenvalue weighted by atomic mass is 16.6. The molecule has 0 atom stereocenters. The van der Waals surface area contributed by atoms with Gasteiger partial charge in [0.25, 0.3) is 0 Å². The highest BCUT2D eigenvalue weighted by Gasteiger charge is 2.34. The van der Waals surface area contributed by atoms with Crippen molar-refractivity contribution in [2.45, 2.75) is 52.7 Å². The first-order chi connectivity index (χ1) is 11.7. The van der Waals surface area contributed by atoms with E-state index in [9.17, 15) is 4.79 Å². The van der Waals surface area contributed by atoms with Crippen molar-refractivity contribution in [2.75, 3.05) is 26.7 Å². The van der Waals surface area contributed by atoms with Crippen molar-refractivity contribution in [3.8, 4) is 0 Å². The fourth-order valence-corrected chi connectivity index (χ4v) is 2.60. The first-order valence-corrected chi connectivity index (χ1v) is 8.56. The van der Waals surface area contributed by atoms with Crippen LogP contribution in [-0.4, -0.2) is 60.4 Å². The van der Waals surface area contributed by atoms with Crippen LogP contribution in [0.1, 0.15) is 37.8 Å². The zero-order chi connectivity index (χ0) is 18.6. The van der Waals surface area contributed by atoms with Crippen LogP contribution >= 0.6 is 0 Å². The Labute approximate surface area is 149 Å². The minimum absolute atomic E-state index is 0.179. The standard InChI is InChI=1S/C17H29N5O3/c1-11-14(12(2)25-21-11)7-8-19-15(18-6)20-13-9-22(10-13)16(23)24-17(3,4)5/h13H,7-10H2,1-6H3,(H2,18,19,20). The molecule has 1 saturated heterocycles. The van der Waals surface area contributed by atoms with Crippen molar-refractivity contribution in [3.05, 3.63) is 17.0 Å². The minimum Gasteiger partial charge on any atom is -0.444 e. The Morgan fingerprint density at radius 3 is 2.60 bits per heavy atom. The fraction of sp³-hybridized carbons (Fsp3) is 0.706. The topological polar surface area (TPSA) is 92.0 Å². The molecule has 2 N–H and O–H groups in total. The maximum atomic E-state index is 11.9. The summed E-state index contributed by atoms with van der Waals surface area (Å²) in [7, 11) is 1.73. The van der Waals surface area contributed by atoms with Gasteiger partial charge in [-0.3, -0.25) is 4.99 Å². The monoisotopic (exact) mass is 351 g/mol. The van der Waals surface area contributed by atoms with E-state index >= 15 is 0 Å². The molecule has 25 heavy (non-hydrogen) atoms. The zero-order valence-corrected chi connectivity index (χ0v) is 16.0. The van der Waals surface area contributed by atoms with Gasteiger partial charge in [-0.05, 0) is 41.0 Å². The van der Waals surface area contributed by atoms with Crippen LogP contribution in [0.4, 0.5) is 4.79 Å². The van der Waals surface area contributed by atoms with Gasteiger partial charge < -0.3 is 24.8 Å². The summed E-state index contributed by atoms with van der Waals surface area (Å²) < 4.78 is 10.5. The van der Waals surface area contributed by atoms with Crippen molar-refractivity contribution in [3.63, 3.8) is 0 Å². The number of carbonyl (C=O) groups excluding carboxylic acids is 1. The Hall–Kier alpha value is -2.25. The third-order valence-electron chi connectivity index (χ3n) is 3.95. The number of ether oxygens (including phenoxy) is 1. The number of nitrogens with one attached hydrogen (secondary N) is 2. The number of guanidine groups is 1. The Kier molecular flexibility index (Phi) is 5.92. The van der Waals surface area contributed by atoms with Crippen LogP contribution in [0.25, 0.3) is 0 Å². The lowest BCUT2D eigenvalue weighted by Crippen LogP contribution is -2.63. The normalized spacial score (nSPS) is 15.8. The van der Waals surface area contributed by atoms with E-state index in [2.05, 4.69) is 20.8 Å². The first-order valence-electron chi connectivity index (χ1n) is 8.56. The van der Waals surface area contributed by atoms with E-state index in [1.807, 2.05) is 34.6 Å². The molecule has 2 heterocycles. The van der Waals surface area contributed by atoms with Crippen molar-refractivity contribution < 1.29 is 14.1 Å². The third-order valence-corrected chi connectivity index (χ3v) is 3.95. The number of aromatic nitrogens is 1. The van der Waals surface area contributed by atoms with Gasteiger partial charge in [-0.15, -0.1) is 0 Å². The van der Waals surface area contributed by atoms with Gasteiger partial charge in [0.2, 0.25) is 0 Å². The summed E-state index contributed by atoms with van der Waals surface area (Å²) in [6.07, 6.45) is 0.545. The van der Waals surface area contributed by atoms with Crippen LogP contribution in [0.5, 0.6) is 0 Å². The lowest BCUT2D eigenvalue weighted by atomic mass is 10.1. The summed E-state index contributed by atoms with van der Waals surface area (Å²) in [5.74, 6) is 1.58. The van der Waals surface area contributed by atoms with Gasteiger partial charge in [0.1, 0.15) is 11.4 Å². The van der Waals surface area contributed by atoms with Gasteiger partial charge in [-0.25, -0.2) is 4.79 Å². The van der Waals surface area contributed by atoms with Gasteiger partial charge in [-0.2, -0.15) is 0 Å². The Bertz CT molecular complexity index is 607. The summed E-state index contributed by atoms with van der Waals surface area (Å²) >= 11 is 0. The number of nitrogens with zero attached hydrogens (tertiary/aromatic N) is 3. The number of aryl methyl sites for hydroxylation is 2. The molecule has 8 nitrogen and oxygen atoms in total. The molecule has 0 aliphatic carbocycles. The van der Waals surface area contributed by atoms with Gasteiger partial charge >= 0.3 is 6.09 Å². The van der Waals surface area contributed by atoms with E-state index < -0.39 is 5.60 Å². The average Bonchev–Trinajstić information content (AvgIpc) is 2.78. The summed E-state index contributed by atoms with van der Waals surface area (Å²) in [6.45, 7) is 11.4. The molecule has 1 fully saturated rings. The molecule has 2 rings (SSSR count). The molecule has 1 aromatic heterocycles. The quantitative estimate of drug-likeness (QED) is 0.633. The van der Waals surface area contributed by atoms with Crippen LogP contribution in [-0.2, 0) is 11.2 Å². The molecule has 0 saturated carbocycles. The summed E-state index contributed by atoms with van der Waals surface area (Å²) in [5, 5.41) is 10.5. The van der Waals surface area contributed by atoms with Crippen LogP contribution < -0.4 is 10.6 Å². The minimum atomic E-state index is -0.467. The lowest BCUT2D eigenvalue weighted by molar-refractivity contribution is 0.00701. The number of amides is 1. The largest absolute Gasteiger partial charge is 0.444 e. The molecule has 1 aliphatic rings. The molecule has 0 radical (unpaired) electrons. The molecule has 1 aromatic rings. The lowest BCUT2D eigenvalue weighted by Gasteiger charge is -2.40. The number of hydrogen-bond donors (Lipinski definition) is 2. The summed E-state index contributed by atoms with van der Waals surface area (Å²) in [5.41, 5.74) is 1.59. The van der Waals surface area contributed by atoms with Gasteiger partial charge in [-0.1, -0.05) is 5.16 Å². The zero-order valence-electron chi connectivity index (χ0n) is 16.0. The van der Waals surface area contributed by atoms with E-state index in [0.29, 0.717) is 13.1 Å². The Morgan fingerprint density at radius 1 is 1.40 bits per heavy atom. The second-order valence-electron chi connectivity index (χ2n) is 7.28. The van der Waals surface area contributed by atoms with Crippen LogP contribution in [0.15, 0.2) is 9.52 Å². The Morgan fingerprint density at radius 2 is 2.08 bits per heavy atom. The van der Waals surface area contributed by atoms with Crippen LogP contribution in [0.3, 0.4) is 0 Å². The molecular weight excluding hydrogens is 322 g/mol.